The van der Waals surface area contributed by atoms with Gasteiger partial charge in [0.05, 0.1) is 6.10 Å². The average Bonchev–Trinajstić information content (AvgIpc) is 3.32. The molecule has 1 N–H and O–H groups in total. The molecule has 2 saturated heterocycles. The van der Waals surface area contributed by atoms with Gasteiger partial charge in [-0.1, -0.05) is 47.1 Å². The normalized spacial score (nSPS) is 53.0. The van der Waals surface area contributed by atoms with E-state index >= 15 is 0 Å². The second kappa shape index (κ2) is 8.08. The first kappa shape index (κ1) is 24.7. The van der Waals surface area contributed by atoms with E-state index in [9.17, 15) is 14.7 Å². The third-order valence-electron chi connectivity index (χ3n) is 10.1. The first-order valence-electron chi connectivity index (χ1n) is 12.8. The summed E-state index contributed by atoms with van der Waals surface area (Å²) in [5, 5.41) is 11.0. The number of esters is 2. The lowest BCUT2D eigenvalue weighted by molar-refractivity contribution is -0.175. The minimum Gasteiger partial charge on any atom is -0.462 e. The fraction of sp³-hybridized carbons (Fsp3) is 0.852. The smallest absolute Gasteiger partial charge is 0.342 e. The molecule has 0 aromatic heterocycles. The molecule has 3 fully saturated rings. The number of epoxide rings is 1. The van der Waals surface area contributed by atoms with Crippen molar-refractivity contribution < 1.29 is 28.9 Å². The quantitative estimate of drug-likeness (QED) is 0.379. The second-order valence-electron chi connectivity index (χ2n) is 11.8. The van der Waals surface area contributed by atoms with E-state index < -0.39 is 23.4 Å². The Morgan fingerprint density at radius 1 is 1.21 bits per heavy atom. The summed E-state index contributed by atoms with van der Waals surface area (Å²) >= 11 is 0. The highest BCUT2D eigenvalue weighted by molar-refractivity contribution is 5.88. The van der Waals surface area contributed by atoms with Gasteiger partial charge in [0.15, 0.2) is 17.3 Å². The minimum atomic E-state index is -0.949. The number of aliphatic hydroxyl groups excluding tert-OH is 1. The Balaban J connectivity index is 1.86. The number of carbonyl (C=O) groups is 2. The third-order valence-corrected chi connectivity index (χ3v) is 10.1. The highest BCUT2D eigenvalue weighted by Gasteiger charge is 2.84. The lowest BCUT2D eigenvalue weighted by Crippen LogP contribution is -2.59. The van der Waals surface area contributed by atoms with Crippen LogP contribution in [0.1, 0.15) is 81.1 Å². The van der Waals surface area contributed by atoms with Gasteiger partial charge in [0.25, 0.3) is 0 Å². The highest BCUT2D eigenvalue weighted by atomic mass is 16.7. The van der Waals surface area contributed by atoms with Gasteiger partial charge in [-0.2, -0.15) is 0 Å². The lowest BCUT2D eigenvalue weighted by atomic mass is 9.47. The Labute approximate surface area is 198 Å². The van der Waals surface area contributed by atoms with Crippen molar-refractivity contribution in [3.63, 3.8) is 0 Å². The van der Waals surface area contributed by atoms with E-state index in [0.29, 0.717) is 19.3 Å². The van der Waals surface area contributed by atoms with E-state index in [4.69, 9.17) is 14.2 Å². The Bertz CT molecular complexity index is 852. The molecule has 2 aliphatic carbocycles. The van der Waals surface area contributed by atoms with Gasteiger partial charge < -0.3 is 19.3 Å². The number of aliphatic hydroxyl groups is 1. The molecule has 0 radical (unpaired) electrons. The number of ether oxygens (including phenoxy) is 3. The van der Waals surface area contributed by atoms with Crippen LogP contribution in [0, 0.1) is 35.0 Å². The Morgan fingerprint density at radius 3 is 2.48 bits per heavy atom. The van der Waals surface area contributed by atoms with Gasteiger partial charge in [0.1, 0.15) is 6.10 Å². The summed E-state index contributed by atoms with van der Waals surface area (Å²) in [6.07, 6.45) is 3.29. The van der Waals surface area contributed by atoms with Crippen LogP contribution in [0.5, 0.6) is 0 Å². The zero-order valence-electron chi connectivity index (χ0n) is 21.5. The highest BCUT2D eigenvalue weighted by Crippen LogP contribution is 2.68. The van der Waals surface area contributed by atoms with E-state index in [1.165, 1.54) is 0 Å². The summed E-state index contributed by atoms with van der Waals surface area (Å²) < 4.78 is 18.3. The predicted octanol–water partition coefficient (Wildman–Crippen LogP) is 4.43. The molecule has 1 spiro atoms. The van der Waals surface area contributed by atoms with Crippen LogP contribution in [0.2, 0.25) is 0 Å². The average molecular weight is 463 g/mol. The number of fused-ring (bicyclic) bond motifs is 1. The molecule has 33 heavy (non-hydrogen) atoms. The molecule has 186 valence electrons. The van der Waals surface area contributed by atoms with Crippen molar-refractivity contribution in [2.45, 2.75) is 111 Å². The Morgan fingerprint density at radius 2 is 1.88 bits per heavy atom. The summed E-state index contributed by atoms with van der Waals surface area (Å²) in [7, 11) is 0. The van der Waals surface area contributed by atoms with Gasteiger partial charge in [-0.3, -0.25) is 4.79 Å². The van der Waals surface area contributed by atoms with Crippen molar-refractivity contribution >= 4 is 11.9 Å². The second-order valence-corrected chi connectivity index (χ2v) is 11.8. The van der Waals surface area contributed by atoms with E-state index in [2.05, 4.69) is 34.6 Å². The zero-order valence-corrected chi connectivity index (χ0v) is 21.5. The van der Waals surface area contributed by atoms with Gasteiger partial charge in [-0.05, 0) is 67.8 Å². The molecule has 0 aromatic carbocycles. The van der Waals surface area contributed by atoms with Crippen molar-refractivity contribution in [3.8, 4) is 0 Å². The molecular weight excluding hydrogens is 420 g/mol. The molecule has 2 aliphatic heterocycles. The van der Waals surface area contributed by atoms with Crippen LogP contribution < -0.4 is 0 Å². The number of hydrogen-bond acceptors (Lipinski definition) is 6. The van der Waals surface area contributed by atoms with Crippen LogP contribution in [0.15, 0.2) is 11.6 Å². The predicted molar refractivity (Wildman–Crippen MR) is 124 cm³/mol. The number of rotatable bonds is 3. The standard InChI is InChI=1S/C27H42O6/c1-9-10-22(29)31-20-11-14(2)12-21-27(26(8,33-27)24(30)32-21)18(6)23-16(4)19(28)13-15(3)25(23,7)17(20)5/h12,15-21,23,28H,9-11,13H2,1-8H3/b14-12-/t15-,16-,17-,18-,19-,20-,21-,23+,25+,26-,27+/m0/s1. The van der Waals surface area contributed by atoms with Gasteiger partial charge >= 0.3 is 11.9 Å². The maximum Gasteiger partial charge on any atom is 0.342 e. The van der Waals surface area contributed by atoms with E-state index in [0.717, 1.165) is 12.0 Å². The van der Waals surface area contributed by atoms with E-state index in [1.807, 2.05) is 26.8 Å². The van der Waals surface area contributed by atoms with Crippen LogP contribution >= 0.6 is 0 Å². The monoisotopic (exact) mass is 462 g/mol. The van der Waals surface area contributed by atoms with Gasteiger partial charge in [-0.25, -0.2) is 4.79 Å². The van der Waals surface area contributed by atoms with Crippen LogP contribution in [-0.4, -0.2) is 46.6 Å². The molecule has 6 nitrogen and oxygen atoms in total. The molecule has 0 bridgehead atoms. The van der Waals surface area contributed by atoms with E-state index in [1.54, 1.807) is 0 Å². The fourth-order valence-electron chi connectivity index (χ4n) is 7.88. The van der Waals surface area contributed by atoms with Crippen LogP contribution in [0.4, 0.5) is 0 Å². The van der Waals surface area contributed by atoms with E-state index in [-0.39, 0.29) is 53.0 Å². The first-order chi connectivity index (χ1) is 15.3. The molecule has 1 saturated carbocycles. The minimum absolute atomic E-state index is 0.0133. The Hall–Kier alpha value is -1.40. The lowest BCUT2D eigenvalue weighted by Gasteiger charge is -2.58. The molecule has 0 unspecified atom stereocenters. The zero-order chi connectivity index (χ0) is 24.5. The SMILES string of the molecule is CCCC(=O)O[C@H]1C/C(C)=C\[C@@H]2OC(=O)[C@]3(C)O[C@]23[C@@H](C)[C@H]2[C@@H](C)[C@@H](O)C[C@H](C)[C@]2(C)[C@H]1C. The van der Waals surface area contributed by atoms with Crippen molar-refractivity contribution in [1.82, 2.24) is 0 Å². The van der Waals surface area contributed by atoms with Crippen molar-refractivity contribution in [3.05, 3.63) is 11.6 Å². The third kappa shape index (κ3) is 3.34. The molecule has 6 heteroatoms. The molecule has 4 aliphatic rings. The van der Waals surface area contributed by atoms with Crippen LogP contribution in [0.25, 0.3) is 0 Å². The largest absolute Gasteiger partial charge is 0.462 e. The van der Waals surface area contributed by atoms with Crippen molar-refractivity contribution in [2.75, 3.05) is 0 Å². The molecule has 4 rings (SSSR count). The van der Waals surface area contributed by atoms with Gasteiger partial charge in [0.2, 0.25) is 0 Å². The topological polar surface area (TPSA) is 85.4 Å². The maximum absolute atomic E-state index is 12.8. The summed E-state index contributed by atoms with van der Waals surface area (Å²) in [6, 6.07) is 0. The summed E-state index contributed by atoms with van der Waals surface area (Å²) in [5.74, 6) is -0.155. The molecular formula is C27H42O6. The summed E-state index contributed by atoms with van der Waals surface area (Å²) in [5.41, 5.74) is -0.868. The fourth-order valence-corrected chi connectivity index (χ4v) is 7.88. The molecule has 0 aromatic rings. The maximum atomic E-state index is 12.8. The van der Waals surface area contributed by atoms with Crippen molar-refractivity contribution in [2.24, 2.45) is 35.0 Å². The number of carbonyl (C=O) groups excluding carboxylic acids is 2. The van der Waals surface area contributed by atoms with Crippen LogP contribution in [-0.2, 0) is 23.8 Å². The summed E-state index contributed by atoms with van der Waals surface area (Å²) in [4.78, 5) is 25.4. The summed E-state index contributed by atoms with van der Waals surface area (Å²) in [6.45, 7) is 16.9. The van der Waals surface area contributed by atoms with Crippen molar-refractivity contribution in [1.29, 1.82) is 0 Å². The Kier molecular flexibility index (Phi) is 6.05. The number of hydrogen-bond donors (Lipinski definition) is 1. The first-order valence-corrected chi connectivity index (χ1v) is 12.8. The molecule has 0 amide bonds. The molecule has 2 heterocycles. The van der Waals surface area contributed by atoms with Crippen LogP contribution in [0.3, 0.4) is 0 Å². The van der Waals surface area contributed by atoms with Gasteiger partial charge in [0, 0.05) is 12.8 Å². The molecule has 11 atom stereocenters. The van der Waals surface area contributed by atoms with Gasteiger partial charge in [-0.15, -0.1) is 0 Å².